The summed E-state index contributed by atoms with van der Waals surface area (Å²) in [6.07, 6.45) is 0.330. The predicted octanol–water partition coefficient (Wildman–Crippen LogP) is 2.30. The Hall–Kier alpha value is -3.02. The van der Waals surface area contributed by atoms with E-state index < -0.39 is 18.0 Å². The molecule has 1 atom stereocenters. The lowest BCUT2D eigenvalue weighted by molar-refractivity contribution is -0.142. The van der Waals surface area contributed by atoms with Crippen LogP contribution in [0.5, 0.6) is 5.75 Å². The van der Waals surface area contributed by atoms with Gasteiger partial charge in [-0.15, -0.1) is 0 Å². The van der Waals surface area contributed by atoms with E-state index in [1.807, 2.05) is 30.3 Å². The number of phenolic OH excluding ortho intramolecular Hbond substituents is 1. The number of amides is 2. The molecule has 0 aliphatic carbocycles. The number of urea groups is 1. The summed E-state index contributed by atoms with van der Waals surface area (Å²) < 4.78 is 4.74. The number of anilines is 1. The highest BCUT2D eigenvalue weighted by molar-refractivity contribution is 5.92. The van der Waals surface area contributed by atoms with Crippen molar-refractivity contribution in [1.29, 1.82) is 0 Å². The molecule has 2 aromatic rings. The highest BCUT2D eigenvalue weighted by atomic mass is 16.5. The fraction of sp³-hybridized carbons (Fsp3) is 0.176. The van der Waals surface area contributed by atoms with E-state index >= 15 is 0 Å². The zero-order valence-corrected chi connectivity index (χ0v) is 12.7. The van der Waals surface area contributed by atoms with Gasteiger partial charge in [-0.25, -0.2) is 9.59 Å². The molecular weight excluding hydrogens is 296 g/mol. The minimum atomic E-state index is -0.792. The Morgan fingerprint density at radius 3 is 2.35 bits per heavy atom. The molecule has 0 aliphatic rings. The molecule has 120 valence electrons. The molecule has 0 aromatic heterocycles. The number of hydrogen-bond donors (Lipinski definition) is 3. The van der Waals surface area contributed by atoms with Crippen LogP contribution >= 0.6 is 0 Å². The number of nitrogens with one attached hydrogen (secondary N) is 2. The van der Waals surface area contributed by atoms with Crippen LogP contribution in [0.4, 0.5) is 10.5 Å². The third-order valence-electron chi connectivity index (χ3n) is 3.20. The zero-order chi connectivity index (χ0) is 16.7. The van der Waals surface area contributed by atoms with Crippen LogP contribution in [0, 0.1) is 0 Å². The zero-order valence-electron chi connectivity index (χ0n) is 12.7. The molecule has 0 saturated heterocycles. The molecule has 0 aliphatic heterocycles. The first-order valence-corrected chi connectivity index (χ1v) is 7.07. The number of carbonyl (C=O) groups excluding carboxylic acids is 2. The predicted molar refractivity (Wildman–Crippen MR) is 86.2 cm³/mol. The maximum absolute atomic E-state index is 12.0. The summed E-state index contributed by atoms with van der Waals surface area (Å²) in [4.78, 5) is 23.9. The minimum Gasteiger partial charge on any atom is -0.508 e. The van der Waals surface area contributed by atoms with E-state index in [-0.39, 0.29) is 5.75 Å². The van der Waals surface area contributed by atoms with E-state index in [2.05, 4.69) is 10.6 Å². The van der Waals surface area contributed by atoms with Crippen LogP contribution in [0.25, 0.3) is 0 Å². The number of rotatable bonds is 5. The molecule has 3 N–H and O–H groups in total. The molecule has 23 heavy (non-hydrogen) atoms. The van der Waals surface area contributed by atoms with Crippen molar-refractivity contribution >= 4 is 17.7 Å². The summed E-state index contributed by atoms with van der Waals surface area (Å²) in [5.74, 6) is -0.415. The third-order valence-corrected chi connectivity index (χ3v) is 3.20. The van der Waals surface area contributed by atoms with Crippen molar-refractivity contribution < 1.29 is 19.4 Å². The van der Waals surface area contributed by atoms with Gasteiger partial charge >= 0.3 is 12.0 Å². The Labute approximate surface area is 134 Å². The number of phenols is 1. The van der Waals surface area contributed by atoms with Crippen LogP contribution in [-0.2, 0) is 16.0 Å². The average molecular weight is 314 g/mol. The second kappa shape index (κ2) is 7.84. The second-order valence-electron chi connectivity index (χ2n) is 4.91. The molecule has 2 aromatic carbocycles. The third kappa shape index (κ3) is 5.03. The molecule has 2 amide bonds. The molecule has 6 heteroatoms. The van der Waals surface area contributed by atoms with E-state index in [9.17, 15) is 14.7 Å². The number of hydrogen-bond acceptors (Lipinski definition) is 4. The first-order valence-electron chi connectivity index (χ1n) is 7.07. The maximum atomic E-state index is 12.0. The molecule has 0 fully saturated rings. The van der Waals surface area contributed by atoms with E-state index in [4.69, 9.17) is 4.74 Å². The van der Waals surface area contributed by atoms with Crippen molar-refractivity contribution in [3.05, 3.63) is 60.2 Å². The molecule has 2 rings (SSSR count). The summed E-state index contributed by atoms with van der Waals surface area (Å²) >= 11 is 0. The average Bonchev–Trinajstić information content (AvgIpc) is 2.56. The van der Waals surface area contributed by atoms with Gasteiger partial charge < -0.3 is 20.5 Å². The first-order chi connectivity index (χ1) is 11.1. The molecule has 0 spiro atoms. The topological polar surface area (TPSA) is 87.7 Å². The number of methoxy groups -OCH3 is 1. The van der Waals surface area contributed by atoms with Crippen molar-refractivity contribution in [2.24, 2.45) is 0 Å². The number of benzene rings is 2. The Bertz CT molecular complexity index is 656. The summed E-state index contributed by atoms with van der Waals surface area (Å²) in [6, 6.07) is 14.0. The summed E-state index contributed by atoms with van der Waals surface area (Å²) in [5, 5.41) is 14.4. The van der Waals surface area contributed by atoms with Gasteiger partial charge in [0.15, 0.2) is 0 Å². The normalized spacial score (nSPS) is 11.3. The van der Waals surface area contributed by atoms with Crippen LogP contribution in [0.1, 0.15) is 5.56 Å². The van der Waals surface area contributed by atoms with E-state index in [1.165, 1.54) is 19.2 Å². The fourth-order valence-corrected chi connectivity index (χ4v) is 2.06. The summed E-state index contributed by atoms with van der Waals surface area (Å²) in [5.41, 5.74) is 1.41. The Morgan fingerprint density at radius 1 is 1.09 bits per heavy atom. The van der Waals surface area contributed by atoms with E-state index in [0.717, 1.165) is 5.56 Å². The van der Waals surface area contributed by atoms with Gasteiger partial charge in [0.25, 0.3) is 0 Å². The standard InChI is InChI=1S/C17H18N2O4/c1-23-16(21)15(11-12-5-3-2-4-6-12)19-17(22)18-13-7-9-14(20)10-8-13/h2-10,15,20H,11H2,1H3,(H2,18,19,22)/t15-/m0/s1. The lowest BCUT2D eigenvalue weighted by Crippen LogP contribution is -2.45. The van der Waals surface area contributed by atoms with Crippen molar-refractivity contribution in [1.82, 2.24) is 5.32 Å². The van der Waals surface area contributed by atoms with Gasteiger partial charge in [0, 0.05) is 12.1 Å². The Balaban J connectivity index is 2.00. The summed E-state index contributed by atoms with van der Waals surface area (Å²) in [6.45, 7) is 0. The SMILES string of the molecule is COC(=O)[C@H](Cc1ccccc1)NC(=O)Nc1ccc(O)cc1. The van der Waals surface area contributed by atoms with Crippen molar-refractivity contribution in [3.8, 4) is 5.75 Å². The van der Waals surface area contributed by atoms with Crippen molar-refractivity contribution in [2.75, 3.05) is 12.4 Å². The fourth-order valence-electron chi connectivity index (χ4n) is 2.06. The number of carbonyl (C=O) groups is 2. The maximum Gasteiger partial charge on any atom is 0.328 e. The van der Waals surface area contributed by atoms with Gasteiger partial charge in [-0.3, -0.25) is 0 Å². The molecular formula is C17H18N2O4. The van der Waals surface area contributed by atoms with Crippen molar-refractivity contribution in [2.45, 2.75) is 12.5 Å². The van der Waals surface area contributed by atoms with Gasteiger partial charge in [0.05, 0.1) is 7.11 Å². The molecule has 0 unspecified atom stereocenters. The van der Waals surface area contributed by atoms with Crippen LogP contribution in [0.2, 0.25) is 0 Å². The molecule has 0 radical (unpaired) electrons. The quantitative estimate of drug-likeness (QED) is 0.584. The lowest BCUT2D eigenvalue weighted by Gasteiger charge is -2.17. The summed E-state index contributed by atoms with van der Waals surface area (Å²) in [7, 11) is 1.28. The van der Waals surface area contributed by atoms with Crippen LogP contribution < -0.4 is 10.6 Å². The van der Waals surface area contributed by atoms with Gasteiger partial charge in [-0.1, -0.05) is 30.3 Å². The largest absolute Gasteiger partial charge is 0.508 e. The van der Waals surface area contributed by atoms with Gasteiger partial charge in [-0.05, 0) is 29.8 Å². The molecule has 0 saturated carbocycles. The van der Waals surface area contributed by atoms with Gasteiger partial charge in [-0.2, -0.15) is 0 Å². The Kier molecular flexibility index (Phi) is 5.57. The highest BCUT2D eigenvalue weighted by Crippen LogP contribution is 2.13. The first kappa shape index (κ1) is 16.4. The minimum absolute atomic E-state index is 0.104. The highest BCUT2D eigenvalue weighted by Gasteiger charge is 2.21. The van der Waals surface area contributed by atoms with Gasteiger partial charge in [0.2, 0.25) is 0 Å². The van der Waals surface area contributed by atoms with Crippen LogP contribution in [0.3, 0.4) is 0 Å². The lowest BCUT2D eigenvalue weighted by atomic mass is 10.1. The molecule has 0 bridgehead atoms. The molecule has 6 nitrogen and oxygen atoms in total. The number of esters is 1. The van der Waals surface area contributed by atoms with E-state index in [1.54, 1.807) is 12.1 Å². The second-order valence-corrected chi connectivity index (χ2v) is 4.91. The van der Waals surface area contributed by atoms with Gasteiger partial charge in [0.1, 0.15) is 11.8 Å². The van der Waals surface area contributed by atoms with Crippen LogP contribution in [-0.4, -0.2) is 30.3 Å². The van der Waals surface area contributed by atoms with E-state index in [0.29, 0.717) is 12.1 Å². The monoisotopic (exact) mass is 314 g/mol. The smallest absolute Gasteiger partial charge is 0.328 e. The number of ether oxygens (including phenoxy) is 1. The number of aromatic hydroxyl groups is 1. The molecule has 0 heterocycles. The van der Waals surface area contributed by atoms with Crippen molar-refractivity contribution in [3.63, 3.8) is 0 Å². The Morgan fingerprint density at radius 2 is 1.74 bits per heavy atom. The van der Waals surface area contributed by atoms with Crippen LogP contribution in [0.15, 0.2) is 54.6 Å².